The van der Waals surface area contributed by atoms with Crippen molar-refractivity contribution in [2.75, 3.05) is 0 Å². The van der Waals surface area contributed by atoms with E-state index in [-0.39, 0.29) is 62.7 Å². The number of allylic oxidation sites excluding steroid dienone is 16. The zero-order valence-electron chi connectivity index (χ0n) is 36.5. The number of hydrogen-bond donors (Lipinski definition) is 0. The molecule has 10 atom stereocenters. The molecule has 2 aromatic rings. The van der Waals surface area contributed by atoms with E-state index in [0.717, 1.165) is 0 Å². The summed E-state index contributed by atoms with van der Waals surface area (Å²) in [6.45, 7) is 35.9. The summed E-state index contributed by atoms with van der Waals surface area (Å²) >= 11 is -3.14. The maximum absolute atomic E-state index is 3.14. The average Bonchev–Trinajstić information content (AvgIpc) is 3.44. The first kappa shape index (κ1) is 43.3. The molecular weight excluding hydrogens is 799 g/mol. The van der Waals surface area contributed by atoms with Crippen LogP contribution in [0.2, 0.25) is 3.63 Å². The molecule has 56 heavy (non-hydrogen) atoms. The predicted molar refractivity (Wildman–Crippen MR) is 229 cm³/mol. The maximum atomic E-state index is 2.84. The van der Waals surface area contributed by atoms with Crippen LogP contribution < -0.4 is 24.8 Å². The van der Waals surface area contributed by atoms with Crippen molar-refractivity contribution in [2.24, 2.45) is 49.7 Å². The molecule has 6 aliphatic carbocycles. The summed E-state index contributed by atoms with van der Waals surface area (Å²) < 4.78 is 4.00. The Balaban J connectivity index is 0.00000266. The van der Waals surface area contributed by atoms with Crippen LogP contribution in [0.25, 0.3) is 0 Å². The number of aryl methyl sites for hydroxylation is 2. The van der Waals surface area contributed by atoms with E-state index < -0.39 is 21.3 Å². The van der Waals surface area contributed by atoms with Gasteiger partial charge in [-0.15, -0.1) is 0 Å². The molecule has 0 N–H and O–H groups in total. The van der Waals surface area contributed by atoms with Crippen molar-refractivity contribution < 1.29 is 46.1 Å². The molecule has 0 aliphatic heterocycles. The molecule has 8 rings (SSSR count). The number of fused-ring (bicyclic) bond motifs is 8. The van der Waals surface area contributed by atoms with Gasteiger partial charge >= 0.3 is 338 Å². The number of halogens is 2. The molecule has 2 aromatic carbocycles. The zero-order valence-corrected chi connectivity index (χ0v) is 40.4. The molecular formula is C53H64Cl2Zr. The van der Waals surface area contributed by atoms with Crippen molar-refractivity contribution in [1.82, 2.24) is 0 Å². The van der Waals surface area contributed by atoms with Crippen LogP contribution in [0.15, 0.2) is 141 Å². The third-order valence-corrected chi connectivity index (χ3v) is 28.7. The third-order valence-electron chi connectivity index (χ3n) is 18.7. The monoisotopic (exact) mass is 860 g/mol. The second-order valence-corrected chi connectivity index (χ2v) is 25.7. The van der Waals surface area contributed by atoms with E-state index >= 15 is 0 Å². The molecule has 0 saturated heterocycles. The molecule has 294 valence electrons. The summed E-state index contributed by atoms with van der Waals surface area (Å²) in [5, 5.41) is 0. The van der Waals surface area contributed by atoms with E-state index in [1.54, 1.807) is 19.9 Å². The standard InChI is InChI=1S/C29H37.C15H14.C9H13.2ClH.Zr/c1-21-14-13-15-22-20-27(6)25(4)18-10-9-16-23(25,2)24(3)17-11-12-19-26(24,5)29(27,8)28(21,22)7;1-12-3-7-14(8-4-12)11-15-9-5-13(2)6-10-15;1-6-5-7(2)9(4)8(6)3;;;/h9-20,22H,1-8H3;3-10H,1-2H3;6H,1-4H3;2*1H;/q;;;;;+2/p-2. The summed E-state index contributed by atoms with van der Waals surface area (Å²) in [6.07, 6.45) is 27.9. The Hall–Kier alpha value is -2.31. The van der Waals surface area contributed by atoms with Gasteiger partial charge in [-0.1, -0.05) is 0 Å². The Morgan fingerprint density at radius 2 is 1.00 bits per heavy atom. The summed E-state index contributed by atoms with van der Waals surface area (Å²) in [5.74, 6) is 0.838. The molecule has 2 saturated carbocycles. The predicted octanol–water partition coefficient (Wildman–Crippen LogP) is 8.00. The molecule has 10 unspecified atom stereocenters. The van der Waals surface area contributed by atoms with Gasteiger partial charge in [0, 0.05) is 0 Å². The number of hydrogen-bond acceptors (Lipinski definition) is 0. The van der Waals surface area contributed by atoms with Gasteiger partial charge < -0.3 is 24.8 Å². The second kappa shape index (κ2) is 13.9. The van der Waals surface area contributed by atoms with Crippen LogP contribution in [-0.2, 0) is 21.3 Å². The first-order valence-electron chi connectivity index (χ1n) is 20.7. The largest absolute Gasteiger partial charge is 1.00 e. The summed E-state index contributed by atoms with van der Waals surface area (Å²) in [7, 11) is 0. The fourth-order valence-corrected chi connectivity index (χ4v) is 27.0. The van der Waals surface area contributed by atoms with Gasteiger partial charge in [-0.2, -0.15) is 0 Å². The Labute approximate surface area is 360 Å². The van der Waals surface area contributed by atoms with E-state index in [2.05, 4.69) is 212 Å². The van der Waals surface area contributed by atoms with Crippen LogP contribution in [0.1, 0.15) is 105 Å². The minimum Gasteiger partial charge on any atom is -1.00 e. The van der Waals surface area contributed by atoms with Gasteiger partial charge in [0.25, 0.3) is 0 Å². The molecule has 0 radical (unpaired) electrons. The summed E-state index contributed by atoms with van der Waals surface area (Å²) in [4.78, 5) is 0. The molecule has 0 bridgehead atoms. The molecule has 3 heteroatoms. The molecule has 0 spiro atoms. The van der Waals surface area contributed by atoms with Crippen molar-refractivity contribution >= 4 is 3.21 Å². The van der Waals surface area contributed by atoms with Crippen molar-refractivity contribution in [2.45, 2.75) is 101 Å². The minimum absolute atomic E-state index is 0. The third kappa shape index (κ3) is 4.78. The van der Waals surface area contributed by atoms with Crippen LogP contribution in [0, 0.1) is 63.6 Å². The van der Waals surface area contributed by atoms with Gasteiger partial charge in [0.15, 0.2) is 0 Å². The molecule has 2 fully saturated rings. The van der Waals surface area contributed by atoms with E-state index in [1.165, 1.54) is 27.8 Å². The van der Waals surface area contributed by atoms with Crippen molar-refractivity contribution in [1.29, 1.82) is 0 Å². The van der Waals surface area contributed by atoms with Gasteiger partial charge in [0.2, 0.25) is 0 Å². The summed E-state index contributed by atoms with van der Waals surface area (Å²) in [6, 6.07) is 19.4. The normalized spacial score (nSPS) is 39.8. The first-order chi connectivity index (χ1) is 25.3. The van der Waals surface area contributed by atoms with Crippen LogP contribution in [0.4, 0.5) is 0 Å². The van der Waals surface area contributed by atoms with E-state index in [1.807, 2.05) is 3.28 Å². The molecule has 0 amide bonds. The Bertz CT molecular complexity index is 2210. The Morgan fingerprint density at radius 3 is 1.46 bits per heavy atom. The van der Waals surface area contributed by atoms with Crippen LogP contribution in [-0.4, -0.2) is 3.21 Å². The van der Waals surface area contributed by atoms with Crippen molar-refractivity contribution in [3.63, 3.8) is 0 Å². The zero-order chi connectivity index (χ0) is 39.0. The molecule has 0 aromatic heterocycles. The topological polar surface area (TPSA) is 0 Å². The van der Waals surface area contributed by atoms with Crippen LogP contribution in [0.3, 0.4) is 0 Å². The Kier molecular flexibility index (Phi) is 10.7. The summed E-state index contributed by atoms with van der Waals surface area (Å²) in [5.41, 5.74) is 11.0. The van der Waals surface area contributed by atoms with Crippen LogP contribution in [0.5, 0.6) is 0 Å². The van der Waals surface area contributed by atoms with Gasteiger partial charge in [-0.3, -0.25) is 0 Å². The maximum Gasteiger partial charge on any atom is -1.00 e. The van der Waals surface area contributed by atoms with Crippen molar-refractivity contribution in [3.8, 4) is 0 Å². The second-order valence-electron chi connectivity index (χ2n) is 19.6. The van der Waals surface area contributed by atoms with Gasteiger partial charge in [0.1, 0.15) is 0 Å². The first-order valence-corrected chi connectivity index (χ1v) is 24.6. The fraction of sp³-hybridized carbons (Fsp3) is 0.453. The molecule has 6 aliphatic rings. The SMILES string of the molecule is CC1=CC=CC2[CH]([Zr+2]([C]3=C(C)C(C)=C(C)C3C)=[C](c3ccc(C)cc3)c3ccc(C)cc3)C3(C)C4(C)C=CC=CC4(C)C4(C)C=CC=CC4(C)C3(C)C12C.[Cl-].[Cl-]. The minimum atomic E-state index is -3.14. The van der Waals surface area contributed by atoms with Gasteiger partial charge in [-0.05, 0) is 0 Å². The van der Waals surface area contributed by atoms with Gasteiger partial charge in [-0.25, -0.2) is 0 Å². The van der Waals surface area contributed by atoms with E-state index in [4.69, 9.17) is 0 Å². The fourth-order valence-electron chi connectivity index (χ4n) is 14.4. The quantitative estimate of drug-likeness (QED) is 0.293. The van der Waals surface area contributed by atoms with Crippen LogP contribution >= 0.6 is 0 Å². The van der Waals surface area contributed by atoms with E-state index in [0.29, 0.717) is 15.5 Å². The van der Waals surface area contributed by atoms with Gasteiger partial charge in [0.05, 0.1) is 0 Å². The number of rotatable bonds is 4. The Morgan fingerprint density at radius 1 is 0.554 bits per heavy atom. The number of benzene rings is 2. The van der Waals surface area contributed by atoms with E-state index in [9.17, 15) is 0 Å². The molecule has 0 nitrogen and oxygen atoms in total. The smallest absolute Gasteiger partial charge is 1.00 e. The molecule has 0 heterocycles. The average molecular weight is 863 g/mol. The van der Waals surface area contributed by atoms with Crippen molar-refractivity contribution in [3.05, 3.63) is 163 Å².